The maximum absolute atomic E-state index is 8.52. The lowest BCUT2D eigenvalue weighted by Gasteiger charge is -2.27. The Labute approximate surface area is 410 Å². The van der Waals surface area contributed by atoms with Crippen LogP contribution in [0.15, 0.2) is 82.0 Å². The Morgan fingerprint density at radius 3 is 1.72 bits per heavy atom. The summed E-state index contributed by atoms with van der Waals surface area (Å²) in [7, 11) is -1.46. The van der Waals surface area contributed by atoms with Crippen molar-refractivity contribution in [1.82, 2.24) is 29.5 Å². The lowest BCUT2D eigenvalue weighted by Crippen LogP contribution is -2.36. The summed E-state index contributed by atoms with van der Waals surface area (Å²) >= 11 is 9.38. The van der Waals surface area contributed by atoms with Gasteiger partial charge in [-0.3, -0.25) is 0 Å². The summed E-state index contributed by atoms with van der Waals surface area (Å²) in [6.45, 7) is 23.1. The van der Waals surface area contributed by atoms with Gasteiger partial charge in [0, 0.05) is 99.3 Å². The van der Waals surface area contributed by atoms with E-state index in [0.29, 0.717) is 26.9 Å². The number of fused-ring (bicyclic) bond motifs is 2. The Kier molecular flexibility index (Phi) is 19.1. The van der Waals surface area contributed by atoms with E-state index in [1.807, 2.05) is 27.7 Å². The summed E-state index contributed by atoms with van der Waals surface area (Å²) in [5.41, 5.74) is 4.22. The van der Waals surface area contributed by atoms with Gasteiger partial charge in [0.2, 0.25) is 0 Å². The third kappa shape index (κ3) is 15.3. The molecule has 1 N–H and O–H groups in total. The van der Waals surface area contributed by atoms with E-state index in [4.69, 9.17) is 33.7 Å². The topological polar surface area (TPSA) is 134 Å². The number of hydrogen-bond donors (Lipinski definition) is 1. The van der Waals surface area contributed by atoms with Crippen molar-refractivity contribution in [3.05, 3.63) is 85.7 Å². The highest BCUT2D eigenvalue weighted by atomic mass is 127. The van der Waals surface area contributed by atoms with Gasteiger partial charge < -0.3 is 38.4 Å². The lowest BCUT2D eigenvalue weighted by molar-refractivity contribution is 0.0814. The second-order valence-electron chi connectivity index (χ2n) is 17.8. The molecule has 8 rings (SSSR count). The van der Waals surface area contributed by atoms with Gasteiger partial charge in [-0.1, -0.05) is 71.1 Å². The fraction of sp³-hybridized carbons (Fsp3) is 0.455. The molecule has 2 aromatic carbocycles. The third-order valence-electron chi connectivity index (χ3n) is 10.4. The van der Waals surface area contributed by atoms with Crippen LogP contribution in [-0.4, -0.2) is 124 Å². The van der Waals surface area contributed by atoms with Crippen LogP contribution in [0.1, 0.15) is 0 Å². The fourth-order valence-electron chi connectivity index (χ4n) is 6.76. The molecule has 2 saturated heterocycles. The minimum Gasteiger partial charge on any atom is -0.537 e. The van der Waals surface area contributed by atoms with Crippen LogP contribution in [0, 0.1) is 3.70 Å². The van der Waals surface area contributed by atoms with E-state index in [1.54, 1.807) is 18.3 Å². The van der Waals surface area contributed by atoms with Crippen molar-refractivity contribution in [2.45, 2.75) is 64.8 Å². The molecule has 0 unspecified atom stereocenters. The van der Waals surface area contributed by atoms with Crippen LogP contribution in [-0.2, 0) is 32.4 Å². The predicted octanol–water partition coefficient (Wildman–Crippen LogP) is 9.55. The summed E-state index contributed by atoms with van der Waals surface area (Å²) in [5.74, 6) is 2.39. The average Bonchev–Trinajstić information content (AvgIpc) is 3.80. The van der Waals surface area contributed by atoms with Gasteiger partial charge in [-0.25, -0.2) is 19.3 Å². The van der Waals surface area contributed by atoms with E-state index in [-0.39, 0.29) is 0 Å². The summed E-state index contributed by atoms with van der Waals surface area (Å²) in [6, 6.07) is 22.5. The molecule has 2 fully saturated rings. The SMILES string of the molecule is C[Si](C)(C)CCOCn1nc(-c2ccnc(N3CCOCC3)c2)c2cc(Br)ccc21.C[Si](C)(C)CCOCn1nc(I)c2cc(Br)ccc21.O[B]Oc1ccnc(N2CCOCC2)c1. The molecular formula is C44H59BBr2IN8O6Si2. The van der Waals surface area contributed by atoms with E-state index in [1.165, 1.54) is 11.4 Å². The van der Waals surface area contributed by atoms with Gasteiger partial charge in [-0.15, -0.1) is 0 Å². The largest absolute Gasteiger partial charge is 0.569 e. The number of nitrogens with zero attached hydrogens (tertiary/aromatic N) is 8. The summed E-state index contributed by atoms with van der Waals surface area (Å²) in [5, 5.41) is 20.3. The number of morpholine rings is 2. The molecular weight excluding hydrogens is 1090 g/mol. The Morgan fingerprint density at radius 1 is 0.672 bits per heavy atom. The second-order valence-corrected chi connectivity index (χ2v) is 31.9. The summed E-state index contributed by atoms with van der Waals surface area (Å²) in [4.78, 5) is 13.2. The Bertz CT molecular complexity index is 2410. The van der Waals surface area contributed by atoms with Crippen molar-refractivity contribution in [2.24, 2.45) is 0 Å². The molecule has 0 aliphatic carbocycles. The van der Waals surface area contributed by atoms with Crippen molar-refractivity contribution < 1.29 is 28.6 Å². The second kappa shape index (κ2) is 24.2. The van der Waals surface area contributed by atoms with Crippen LogP contribution in [0.3, 0.4) is 0 Å². The van der Waals surface area contributed by atoms with E-state index < -0.39 is 16.1 Å². The van der Waals surface area contributed by atoms with Crippen molar-refractivity contribution in [1.29, 1.82) is 0 Å². The number of benzene rings is 2. The molecule has 2 aliphatic rings. The zero-order valence-electron chi connectivity index (χ0n) is 37.6. The molecule has 1 radical (unpaired) electrons. The molecule has 0 bridgehead atoms. The van der Waals surface area contributed by atoms with Gasteiger partial charge in [0.25, 0.3) is 0 Å². The van der Waals surface area contributed by atoms with E-state index in [0.717, 1.165) is 124 Å². The maximum atomic E-state index is 8.52. The molecule has 20 heteroatoms. The lowest BCUT2D eigenvalue weighted by atomic mass is 10.1. The van der Waals surface area contributed by atoms with Gasteiger partial charge in [0.15, 0.2) is 0 Å². The highest BCUT2D eigenvalue weighted by Crippen LogP contribution is 2.32. The molecule has 2 aliphatic heterocycles. The fourth-order valence-corrected chi connectivity index (χ4v) is 9.69. The minimum atomic E-state index is -1.11. The molecule has 6 heterocycles. The van der Waals surface area contributed by atoms with E-state index >= 15 is 0 Å². The summed E-state index contributed by atoms with van der Waals surface area (Å²) < 4.78 is 34.4. The average molecular weight is 1150 g/mol. The minimum absolute atomic E-state index is 0.462. The molecule has 64 heavy (non-hydrogen) atoms. The van der Waals surface area contributed by atoms with Crippen molar-refractivity contribution >= 4 is 112 Å². The number of anilines is 2. The molecule has 4 aromatic heterocycles. The number of ether oxygens (including phenoxy) is 4. The van der Waals surface area contributed by atoms with Crippen molar-refractivity contribution in [3.8, 4) is 17.0 Å². The predicted molar refractivity (Wildman–Crippen MR) is 278 cm³/mol. The first-order valence-corrected chi connectivity index (χ1v) is 31.6. The van der Waals surface area contributed by atoms with Crippen LogP contribution in [0.2, 0.25) is 51.4 Å². The number of halogens is 3. The number of aromatic nitrogens is 6. The van der Waals surface area contributed by atoms with Crippen LogP contribution < -0.4 is 14.5 Å². The smallest absolute Gasteiger partial charge is 0.537 e. The van der Waals surface area contributed by atoms with E-state index in [9.17, 15) is 0 Å². The Hall–Kier alpha value is -2.93. The molecule has 0 atom stereocenters. The zero-order chi connectivity index (χ0) is 45.7. The first kappa shape index (κ1) is 50.5. The molecule has 343 valence electrons. The number of rotatable bonds is 15. The molecule has 0 amide bonds. The number of pyridine rings is 2. The standard InChI is InChI=1S/C22H29BrN4O2Si.C13H18BrIN2OSi.C9H12BN2O3/c1-30(2,3)13-12-29-16-27-20-5-4-18(23)15-19(20)22(25-27)17-6-7-24-21(14-17)26-8-10-28-11-9-26;1-19(2,3)7-6-18-9-17-12-5-4-10(14)8-11(12)13(15)16-17;13-10-15-8-1-2-11-9(7-8)12-3-5-14-6-4-12/h4-7,14-15H,8-13,16H2,1-3H3;4-5,8H,6-7,9H2,1-3H3;1-2,7,13H,3-6H2. The maximum Gasteiger partial charge on any atom is 0.569 e. The van der Waals surface area contributed by atoms with Crippen LogP contribution >= 0.6 is 54.5 Å². The Balaban J connectivity index is 0.000000172. The van der Waals surface area contributed by atoms with Gasteiger partial charge in [0.05, 0.1) is 37.5 Å². The summed E-state index contributed by atoms with van der Waals surface area (Å²) in [6.07, 6.45) is 3.52. The number of hydrogen-bond acceptors (Lipinski definition) is 12. The van der Waals surface area contributed by atoms with Crippen LogP contribution in [0.25, 0.3) is 33.1 Å². The van der Waals surface area contributed by atoms with Crippen molar-refractivity contribution in [3.63, 3.8) is 0 Å². The third-order valence-corrected chi connectivity index (χ3v) is 15.6. The highest BCUT2D eigenvalue weighted by molar-refractivity contribution is 14.1. The quantitative estimate of drug-likeness (QED) is 0.0597. The van der Waals surface area contributed by atoms with Crippen LogP contribution in [0.5, 0.6) is 5.75 Å². The van der Waals surface area contributed by atoms with E-state index in [2.05, 4.69) is 155 Å². The van der Waals surface area contributed by atoms with Gasteiger partial charge in [0.1, 0.15) is 40.2 Å². The monoisotopic (exact) mass is 1150 g/mol. The van der Waals surface area contributed by atoms with Gasteiger partial charge >= 0.3 is 7.69 Å². The van der Waals surface area contributed by atoms with Gasteiger partial charge in [-0.05, 0) is 89.3 Å². The highest BCUT2D eigenvalue weighted by Gasteiger charge is 2.19. The molecule has 6 aromatic rings. The molecule has 0 saturated carbocycles. The first-order valence-electron chi connectivity index (χ1n) is 21.5. The van der Waals surface area contributed by atoms with Crippen LogP contribution in [0.4, 0.5) is 11.6 Å². The zero-order valence-corrected chi connectivity index (χ0v) is 44.9. The Morgan fingerprint density at radius 2 is 1.17 bits per heavy atom. The van der Waals surface area contributed by atoms with Gasteiger partial charge in [-0.2, -0.15) is 10.2 Å². The normalized spacial score (nSPS) is 14.5. The molecule has 0 spiro atoms. The van der Waals surface area contributed by atoms with Crippen molar-refractivity contribution in [2.75, 3.05) is 75.6 Å². The molecule has 14 nitrogen and oxygen atoms in total. The first-order chi connectivity index (χ1) is 30.7.